The van der Waals surface area contributed by atoms with Crippen molar-refractivity contribution in [2.24, 2.45) is 0 Å². The van der Waals surface area contributed by atoms with Crippen molar-refractivity contribution in [3.63, 3.8) is 0 Å². The number of nitrogens with one attached hydrogen (secondary N) is 1. The Hall–Kier alpha value is -2.44. The highest BCUT2D eigenvalue weighted by Crippen LogP contribution is 2.08. The van der Waals surface area contributed by atoms with Gasteiger partial charge in [0.25, 0.3) is 0 Å². The Bertz CT molecular complexity index is 875. The van der Waals surface area contributed by atoms with Crippen molar-refractivity contribution in [1.82, 2.24) is 14.3 Å². The number of benzene rings is 2. The van der Waals surface area contributed by atoms with Crippen LogP contribution in [0.2, 0.25) is 0 Å². The van der Waals surface area contributed by atoms with Crippen molar-refractivity contribution in [2.75, 3.05) is 0 Å². The molecule has 0 aliphatic rings. The van der Waals surface area contributed by atoms with Crippen LogP contribution in [0, 0.1) is 0 Å². The Morgan fingerprint density at radius 1 is 0.917 bits per heavy atom. The van der Waals surface area contributed by atoms with E-state index in [2.05, 4.69) is 9.71 Å². The van der Waals surface area contributed by atoms with Crippen molar-refractivity contribution in [1.29, 1.82) is 0 Å². The Balaban J connectivity index is 1.64. The van der Waals surface area contributed by atoms with E-state index in [1.165, 1.54) is 0 Å². The van der Waals surface area contributed by atoms with Gasteiger partial charge in [0.1, 0.15) is 5.82 Å². The average molecular weight is 341 g/mol. The Labute approximate surface area is 142 Å². The molecular weight excluding hydrogens is 322 g/mol. The number of hydrogen-bond donors (Lipinski definition) is 1. The molecule has 1 heterocycles. The topological polar surface area (TPSA) is 64.0 Å². The molecule has 0 unspecified atom stereocenters. The first-order valence-electron chi connectivity index (χ1n) is 7.67. The summed E-state index contributed by atoms with van der Waals surface area (Å²) in [6.45, 7) is 0.839. The minimum absolute atomic E-state index is 0.0345. The highest BCUT2D eigenvalue weighted by atomic mass is 32.2. The summed E-state index contributed by atoms with van der Waals surface area (Å²) in [5.41, 5.74) is 1.90. The van der Waals surface area contributed by atoms with E-state index in [0.717, 1.165) is 11.1 Å². The fraction of sp³-hybridized carbons (Fsp3) is 0.167. The molecule has 0 fully saturated rings. The third-order valence-corrected chi connectivity index (χ3v) is 4.94. The van der Waals surface area contributed by atoms with Gasteiger partial charge in [-0.05, 0) is 11.1 Å². The van der Waals surface area contributed by atoms with E-state index in [9.17, 15) is 8.42 Å². The van der Waals surface area contributed by atoms with Crippen LogP contribution in [0.15, 0.2) is 73.1 Å². The molecule has 0 atom stereocenters. The van der Waals surface area contributed by atoms with E-state index in [1.54, 1.807) is 18.3 Å². The molecule has 0 aliphatic carbocycles. The van der Waals surface area contributed by atoms with Crippen molar-refractivity contribution in [2.45, 2.75) is 18.8 Å². The molecule has 6 heteroatoms. The highest BCUT2D eigenvalue weighted by Gasteiger charge is 2.13. The zero-order chi connectivity index (χ0) is 16.8. The van der Waals surface area contributed by atoms with Crippen molar-refractivity contribution < 1.29 is 8.42 Å². The number of rotatable bonds is 7. The van der Waals surface area contributed by atoms with E-state index in [-0.39, 0.29) is 12.3 Å². The summed E-state index contributed by atoms with van der Waals surface area (Å²) in [5, 5.41) is 0. The van der Waals surface area contributed by atoms with E-state index >= 15 is 0 Å². The second-order valence-electron chi connectivity index (χ2n) is 5.52. The minimum atomic E-state index is -3.40. The van der Waals surface area contributed by atoms with E-state index in [1.807, 2.05) is 59.3 Å². The van der Waals surface area contributed by atoms with Gasteiger partial charge in [-0.25, -0.2) is 18.1 Å². The molecular formula is C18H19N3O2S. The fourth-order valence-corrected chi connectivity index (χ4v) is 3.53. The van der Waals surface area contributed by atoms with Gasteiger partial charge in [-0.3, -0.25) is 0 Å². The fourth-order valence-electron chi connectivity index (χ4n) is 2.45. The lowest BCUT2D eigenvalue weighted by atomic mass is 10.2. The molecule has 0 amide bonds. The lowest BCUT2D eigenvalue weighted by molar-refractivity contribution is 0.575. The van der Waals surface area contributed by atoms with Gasteiger partial charge in [-0.2, -0.15) is 0 Å². The van der Waals surface area contributed by atoms with E-state index < -0.39 is 10.0 Å². The van der Waals surface area contributed by atoms with Gasteiger partial charge in [0.15, 0.2) is 0 Å². The molecule has 0 spiro atoms. The van der Waals surface area contributed by atoms with E-state index in [0.29, 0.717) is 12.4 Å². The smallest absolute Gasteiger partial charge is 0.216 e. The first-order chi connectivity index (χ1) is 11.6. The third-order valence-electron chi connectivity index (χ3n) is 3.65. The number of aromatic nitrogens is 2. The minimum Gasteiger partial charge on any atom is -0.329 e. The molecule has 1 aromatic heterocycles. The van der Waals surface area contributed by atoms with Crippen LogP contribution in [0.1, 0.15) is 17.0 Å². The van der Waals surface area contributed by atoms with Crippen LogP contribution in [0.25, 0.3) is 0 Å². The number of hydrogen-bond acceptors (Lipinski definition) is 3. The lowest BCUT2D eigenvalue weighted by Crippen LogP contribution is -2.26. The lowest BCUT2D eigenvalue weighted by Gasteiger charge is -2.10. The maximum atomic E-state index is 12.2. The van der Waals surface area contributed by atoms with Crippen molar-refractivity contribution in [3.05, 3.63) is 90.0 Å². The van der Waals surface area contributed by atoms with Crippen LogP contribution < -0.4 is 4.72 Å². The molecule has 0 radical (unpaired) electrons. The third kappa shape index (κ3) is 4.53. The highest BCUT2D eigenvalue weighted by molar-refractivity contribution is 7.88. The zero-order valence-corrected chi connectivity index (χ0v) is 14.0. The molecule has 24 heavy (non-hydrogen) atoms. The molecule has 0 aliphatic heterocycles. The monoisotopic (exact) mass is 341 g/mol. The molecule has 5 nitrogen and oxygen atoms in total. The molecule has 3 aromatic rings. The number of nitrogens with zero attached hydrogens (tertiary/aromatic N) is 2. The second kappa shape index (κ2) is 7.42. The molecule has 0 saturated carbocycles. The summed E-state index contributed by atoms with van der Waals surface area (Å²) in [5.74, 6) is 0.656. The first-order valence-corrected chi connectivity index (χ1v) is 9.33. The van der Waals surface area contributed by atoms with Gasteiger partial charge in [0.2, 0.25) is 10.0 Å². The quantitative estimate of drug-likeness (QED) is 0.718. The normalized spacial score (nSPS) is 11.5. The molecule has 2 aromatic carbocycles. The summed E-state index contributed by atoms with van der Waals surface area (Å²) in [4.78, 5) is 4.26. The van der Waals surface area contributed by atoms with E-state index in [4.69, 9.17) is 0 Å². The summed E-state index contributed by atoms with van der Waals surface area (Å²) >= 11 is 0. The molecule has 0 saturated heterocycles. The Morgan fingerprint density at radius 3 is 2.21 bits per heavy atom. The molecule has 3 rings (SSSR count). The van der Waals surface area contributed by atoms with Crippen LogP contribution in [0.4, 0.5) is 0 Å². The largest absolute Gasteiger partial charge is 0.329 e. The van der Waals surface area contributed by atoms with Crippen LogP contribution in [-0.4, -0.2) is 18.0 Å². The SMILES string of the molecule is O=S(=O)(Cc1ccccc1)NCc1nccn1Cc1ccccc1. The van der Waals surface area contributed by atoms with Gasteiger partial charge in [0, 0.05) is 18.9 Å². The van der Waals surface area contributed by atoms with Crippen molar-refractivity contribution in [3.8, 4) is 0 Å². The Morgan fingerprint density at radius 2 is 1.54 bits per heavy atom. The average Bonchev–Trinajstić information content (AvgIpc) is 3.02. The second-order valence-corrected chi connectivity index (χ2v) is 7.33. The number of imidazole rings is 1. The molecule has 124 valence electrons. The van der Waals surface area contributed by atoms with Gasteiger partial charge < -0.3 is 4.57 Å². The standard InChI is InChI=1S/C18H19N3O2S/c22-24(23,15-17-9-5-2-6-10-17)20-13-18-19-11-12-21(18)14-16-7-3-1-4-8-16/h1-12,20H,13-15H2. The summed E-state index contributed by atoms with van der Waals surface area (Å²) in [6.07, 6.45) is 3.54. The van der Waals surface area contributed by atoms with Gasteiger partial charge in [0.05, 0.1) is 12.3 Å². The van der Waals surface area contributed by atoms with Crippen LogP contribution in [-0.2, 0) is 28.9 Å². The summed E-state index contributed by atoms with van der Waals surface area (Å²) in [6, 6.07) is 19.1. The number of sulfonamides is 1. The van der Waals surface area contributed by atoms with Crippen LogP contribution in [0.3, 0.4) is 0 Å². The van der Waals surface area contributed by atoms with Crippen LogP contribution >= 0.6 is 0 Å². The predicted octanol–water partition coefficient (Wildman–Crippen LogP) is 2.55. The first kappa shape index (κ1) is 16.4. The molecule has 1 N–H and O–H groups in total. The summed E-state index contributed by atoms with van der Waals surface area (Å²) < 4.78 is 29.0. The van der Waals surface area contributed by atoms with Gasteiger partial charge in [-0.1, -0.05) is 60.7 Å². The Kier molecular flexibility index (Phi) is 5.08. The van der Waals surface area contributed by atoms with Crippen LogP contribution in [0.5, 0.6) is 0 Å². The molecule has 0 bridgehead atoms. The summed E-state index contributed by atoms with van der Waals surface area (Å²) in [7, 11) is -3.40. The van der Waals surface area contributed by atoms with Gasteiger partial charge in [-0.15, -0.1) is 0 Å². The maximum absolute atomic E-state index is 12.2. The maximum Gasteiger partial charge on any atom is 0.216 e. The van der Waals surface area contributed by atoms with Gasteiger partial charge >= 0.3 is 0 Å². The predicted molar refractivity (Wildman–Crippen MR) is 93.7 cm³/mol. The zero-order valence-electron chi connectivity index (χ0n) is 13.2. The van der Waals surface area contributed by atoms with Crippen molar-refractivity contribution >= 4 is 10.0 Å².